The highest BCUT2D eigenvalue weighted by Crippen LogP contribution is 2.28. The molecule has 2 unspecified atom stereocenters. The molecule has 2 N–H and O–H groups in total. The fraction of sp³-hybridized carbons (Fsp3) is 0.688. The highest BCUT2D eigenvalue weighted by molar-refractivity contribution is 5.92. The standard InChI is InChI=1S/C16H27N3O/c1-3-10-19-11-6-9-15(19)16(20)18(2)14-8-5-4-7-13(14)12-17/h6,9,11,13-14H,3-5,7-8,10,12,17H2,1-2H3. The third-order valence-corrected chi connectivity index (χ3v) is 4.50. The first-order valence-corrected chi connectivity index (χ1v) is 7.81. The second kappa shape index (κ2) is 6.93. The quantitative estimate of drug-likeness (QED) is 0.899. The predicted octanol–water partition coefficient (Wildman–Crippen LogP) is 2.49. The van der Waals surface area contributed by atoms with Gasteiger partial charge in [-0.05, 0) is 43.9 Å². The van der Waals surface area contributed by atoms with Gasteiger partial charge in [-0.3, -0.25) is 4.79 Å². The molecule has 2 atom stereocenters. The van der Waals surface area contributed by atoms with Crippen molar-refractivity contribution < 1.29 is 4.79 Å². The van der Waals surface area contributed by atoms with Gasteiger partial charge in [0.2, 0.25) is 0 Å². The number of hydrogen-bond acceptors (Lipinski definition) is 2. The molecule has 1 aliphatic rings. The van der Waals surface area contributed by atoms with E-state index in [-0.39, 0.29) is 5.91 Å². The number of amides is 1. The van der Waals surface area contributed by atoms with Crippen LogP contribution in [0.2, 0.25) is 0 Å². The summed E-state index contributed by atoms with van der Waals surface area (Å²) in [5.74, 6) is 0.584. The molecule has 0 radical (unpaired) electrons. The van der Waals surface area contributed by atoms with Gasteiger partial charge < -0.3 is 15.2 Å². The number of carbonyl (C=O) groups is 1. The lowest BCUT2D eigenvalue weighted by Crippen LogP contribution is -2.46. The van der Waals surface area contributed by atoms with E-state index in [4.69, 9.17) is 5.73 Å². The van der Waals surface area contributed by atoms with Gasteiger partial charge >= 0.3 is 0 Å². The van der Waals surface area contributed by atoms with Crippen LogP contribution in [0.1, 0.15) is 49.5 Å². The Hall–Kier alpha value is -1.29. The Balaban J connectivity index is 2.12. The van der Waals surface area contributed by atoms with E-state index in [1.54, 1.807) is 0 Å². The molecule has 1 fully saturated rings. The summed E-state index contributed by atoms with van der Waals surface area (Å²) in [5, 5.41) is 0. The van der Waals surface area contributed by atoms with Crippen molar-refractivity contribution in [3.63, 3.8) is 0 Å². The predicted molar refractivity (Wildman–Crippen MR) is 81.6 cm³/mol. The Kier molecular flexibility index (Phi) is 5.24. The number of nitrogens with zero attached hydrogens (tertiary/aromatic N) is 2. The molecule has 1 saturated carbocycles. The van der Waals surface area contributed by atoms with Gasteiger partial charge in [-0.2, -0.15) is 0 Å². The molecule has 0 saturated heterocycles. The largest absolute Gasteiger partial charge is 0.344 e. The average Bonchev–Trinajstić information content (AvgIpc) is 2.94. The van der Waals surface area contributed by atoms with Crippen molar-refractivity contribution in [3.8, 4) is 0 Å². The monoisotopic (exact) mass is 277 g/mol. The first-order chi connectivity index (χ1) is 9.69. The minimum Gasteiger partial charge on any atom is -0.344 e. The second-order valence-corrected chi connectivity index (χ2v) is 5.85. The van der Waals surface area contributed by atoms with Crippen LogP contribution in [0.15, 0.2) is 18.3 Å². The van der Waals surface area contributed by atoms with E-state index in [2.05, 4.69) is 11.5 Å². The van der Waals surface area contributed by atoms with Crippen molar-refractivity contribution in [2.24, 2.45) is 11.7 Å². The lowest BCUT2D eigenvalue weighted by molar-refractivity contribution is 0.0609. The van der Waals surface area contributed by atoms with Crippen LogP contribution in [0.3, 0.4) is 0 Å². The first kappa shape index (κ1) is 15.1. The summed E-state index contributed by atoms with van der Waals surface area (Å²) in [6.07, 6.45) is 7.70. The Bertz CT molecular complexity index is 441. The van der Waals surface area contributed by atoms with E-state index in [1.807, 2.05) is 30.3 Å². The van der Waals surface area contributed by atoms with Gasteiger partial charge in [0.1, 0.15) is 5.69 Å². The fourth-order valence-corrected chi connectivity index (χ4v) is 3.35. The lowest BCUT2D eigenvalue weighted by Gasteiger charge is -2.37. The smallest absolute Gasteiger partial charge is 0.270 e. The van der Waals surface area contributed by atoms with Crippen molar-refractivity contribution in [1.29, 1.82) is 0 Å². The molecule has 0 bridgehead atoms. The van der Waals surface area contributed by atoms with Crippen LogP contribution in [0.5, 0.6) is 0 Å². The second-order valence-electron chi connectivity index (χ2n) is 5.85. The molecule has 1 aliphatic carbocycles. The normalized spacial score (nSPS) is 22.8. The molecule has 20 heavy (non-hydrogen) atoms. The van der Waals surface area contributed by atoms with Crippen LogP contribution < -0.4 is 5.73 Å². The minimum atomic E-state index is 0.133. The number of hydrogen-bond donors (Lipinski definition) is 1. The third-order valence-electron chi connectivity index (χ3n) is 4.50. The van der Waals surface area contributed by atoms with E-state index < -0.39 is 0 Å². The summed E-state index contributed by atoms with van der Waals surface area (Å²) in [6.45, 7) is 3.70. The van der Waals surface area contributed by atoms with Crippen molar-refractivity contribution >= 4 is 5.91 Å². The van der Waals surface area contributed by atoms with Crippen LogP contribution in [0.25, 0.3) is 0 Å². The maximum absolute atomic E-state index is 12.7. The maximum atomic E-state index is 12.7. The first-order valence-electron chi connectivity index (χ1n) is 7.81. The third kappa shape index (κ3) is 3.06. The van der Waals surface area contributed by atoms with Crippen LogP contribution >= 0.6 is 0 Å². The van der Waals surface area contributed by atoms with E-state index in [1.165, 1.54) is 12.8 Å². The Morgan fingerprint density at radius 1 is 1.45 bits per heavy atom. The molecule has 0 aromatic carbocycles. The van der Waals surface area contributed by atoms with Gasteiger partial charge in [-0.1, -0.05) is 19.8 Å². The van der Waals surface area contributed by atoms with E-state index in [0.717, 1.165) is 31.5 Å². The van der Waals surface area contributed by atoms with Gasteiger partial charge in [0.15, 0.2) is 0 Å². The topological polar surface area (TPSA) is 51.3 Å². The molecule has 1 heterocycles. The Morgan fingerprint density at radius 2 is 2.20 bits per heavy atom. The number of nitrogens with two attached hydrogens (primary N) is 1. The van der Waals surface area contributed by atoms with E-state index >= 15 is 0 Å². The molecule has 0 spiro atoms. The zero-order valence-corrected chi connectivity index (χ0v) is 12.7. The highest BCUT2D eigenvalue weighted by Gasteiger charge is 2.31. The van der Waals surface area contributed by atoms with Crippen molar-refractivity contribution in [2.45, 2.75) is 51.6 Å². The van der Waals surface area contributed by atoms with Gasteiger partial charge in [0, 0.05) is 25.8 Å². The van der Waals surface area contributed by atoms with E-state index in [9.17, 15) is 4.79 Å². The zero-order valence-electron chi connectivity index (χ0n) is 12.7. The van der Waals surface area contributed by atoms with Crippen LogP contribution in [0, 0.1) is 5.92 Å². The molecule has 112 valence electrons. The number of carbonyl (C=O) groups excluding carboxylic acids is 1. The van der Waals surface area contributed by atoms with E-state index in [0.29, 0.717) is 18.5 Å². The summed E-state index contributed by atoms with van der Waals surface area (Å²) in [6, 6.07) is 4.18. The SMILES string of the molecule is CCCn1cccc1C(=O)N(C)C1CCCCC1CN. The average molecular weight is 277 g/mol. The molecule has 2 rings (SSSR count). The van der Waals surface area contributed by atoms with Gasteiger partial charge in [0.05, 0.1) is 0 Å². The summed E-state index contributed by atoms with van der Waals surface area (Å²) >= 11 is 0. The summed E-state index contributed by atoms with van der Waals surface area (Å²) in [5.41, 5.74) is 6.69. The fourth-order valence-electron chi connectivity index (χ4n) is 3.35. The summed E-state index contributed by atoms with van der Waals surface area (Å²) in [4.78, 5) is 14.7. The molecular weight excluding hydrogens is 250 g/mol. The molecule has 1 aromatic rings. The summed E-state index contributed by atoms with van der Waals surface area (Å²) in [7, 11) is 1.93. The Morgan fingerprint density at radius 3 is 2.90 bits per heavy atom. The lowest BCUT2D eigenvalue weighted by atomic mass is 9.83. The minimum absolute atomic E-state index is 0.133. The molecule has 1 amide bonds. The molecule has 0 aliphatic heterocycles. The Labute approximate surface area is 121 Å². The van der Waals surface area contributed by atoms with Gasteiger partial charge in [-0.25, -0.2) is 0 Å². The number of aromatic nitrogens is 1. The maximum Gasteiger partial charge on any atom is 0.270 e. The highest BCUT2D eigenvalue weighted by atomic mass is 16.2. The van der Waals surface area contributed by atoms with Gasteiger partial charge in [-0.15, -0.1) is 0 Å². The van der Waals surface area contributed by atoms with Crippen molar-refractivity contribution in [2.75, 3.05) is 13.6 Å². The van der Waals surface area contributed by atoms with Crippen LogP contribution in [0.4, 0.5) is 0 Å². The molecule has 4 heteroatoms. The number of rotatable bonds is 5. The summed E-state index contributed by atoms with van der Waals surface area (Å²) < 4.78 is 2.05. The van der Waals surface area contributed by atoms with Crippen LogP contribution in [-0.2, 0) is 6.54 Å². The number of aryl methyl sites for hydroxylation is 1. The van der Waals surface area contributed by atoms with Crippen LogP contribution in [-0.4, -0.2) is 35.0 Å². The zero-order chi connectivity index (χ0) is 14.5. The van der Waals surface area contributed by atoms with Crippen molar-refractivity contribution in [3.05, 3.63) is 24.0 Å². The molecular formula is C16H27N3O. The molecule has 1 aromatic heterocycles. The van der Waals surface area contributed by atoms with Crippen molar-refractivity contribution in [1.82, 2.24) is 9.47 Å². The molecule has 4 nitrogen and oxygen atoms in total. The van der Waals surface area contributed by atoms with Gasteiger partial charge in [0.25, 0.3) is 5.91 Å².